The van der Waals surface area contributed by atoms with E-state index in [0.717, 1.165) is 6.21 Å². The highest BCUT2D eigenvalue weighted by molar-refractivity contribution is 6.25. The summed E-state index contributed by atoms with van der Waals surface area (Å²) in [6, 6.07) is 3.19. The third-order valence-electron chi connectivity index (χ3n) is 0.818. The van der Waals surface area contributed by atoms with Gasteiger partial charge in [-0.3, -0.25) is 4.79 Å². The van der Waals surface area contributed by atoms with Gasteiger partial charge in [0, 0.05) is 6.07 Å². The lowest BCUT2D eigenvalue weighted by Gasteiger charge is -1.87. The number of primary amides is 1. The summed E-state index contributed by atoms with van der Waals surface area (Å²) in [5, 5.41) is 3.22. The van der Waals surface area contributed by atoms with Crippen molar-refractivity contribution >= 4 is 12.1 Å². The van der Waals surface area contributed by atoms with Crippen LogP contribution in [0.1, 0.15) is 0 Å². The molecule has 58 valence electrons. The zero-order chi connectivity index (χ0) is 8.10. The summed E-state index contributed by atoms with van der Waals surface area (Å²) in [4.78, 5) is 14.6. The minimum absolute atomic E-state index is 0.211. The van der Waals surface area contributed by atoms with E-state index in [4.69, 9.17) is 10.2 Å². The Morgan fingerprint density at radius 2 is 2.64 bits per heavy atom. The minimum Gasteiger partial charge on any atom is -0.433 e. The van der Waals surface area contributed by atoms with Gasteiger partial charge in [-0.1, -0.05) is 5.16 Å². The molecular formula is C6H6N2O3. The van der Waals surface area contributed by atoms with Crippen LogP contribution < -0.4 is 10.6 Å². The summed E-state index contributed by atoms with van der Waals surface area (Å²) >= 11 is 0. The third kappa shape index (κ3) is 2.53. The van der Waals surface area contributed by atoms with Gasteiger partial charge in [-0.15, -0.1) is 0 Å². The van der Waals surface area contributed by atoms with Crippen molar-refractivity contribution in [2.75, 3.05) is 0 Å². The van der Waals surface area contributed by atoms with Crippen molar-refractivity contribution in [2.45, 2.75) is 0 Å². The fourth-order valence-electron chi connectivity index (χ4n) is 0.446. The molecule has 0 saturated carbocycles. The van der Waals surface area contributed by atoms with Crippen molar-refractivity contribution in [3.8, 4) is 5.95 Å². The fraction of sp³-hybridized carbons (Fsp3) is 0. The monoisotopic (exact) mass is 154 g/mol. The summed E-state index contributed by atoms with van der Waals surface area (Å²) < 4.78 is 4.73. The van der Waals surface area contributed by atoms with Crippen LogP contribution in [0.25, 0.3) is 0 Å². The number of rotatable bonds is 3. The first-order valence-electron chi connectivity index (χ1n) is 2.82. The lowest BCUT2D eigenvalue weighted by molar-refractivity contribution is -0.111. The van der Waals surface area contributed by atoms with Crippen LogP contribution in [0, 0.1) is 0 Å². The van der Waals surface area contributed by atoms with Crippen molar-refractivity contribution < 1.29 is 14.0 Å². The second kappa shape index (κ2) is 3.40. The summed E-state index contributed by atoms with van der Waals surface area (Å²) in [6.07, 6.45) is 2.28. The van der Waals surface area contributed by atoms with Gasteiger partial charge in [-0.25, -0.2) is 0 Å². The Labute approximate surface area is 62.4 Å². The molecule has 0 aliphatic heterocycles. The van der Waals surface area contributed by atoms with Crippen LogP contribution >= 0.6 is 0 Å². The van der Waals surface area contributed by atoms with Gasteiger partial charge in [0.05, 0.1) is 6.26 Å². The first kappa shape index (κ1) is 7.33. The Hall–Kier alpha value is -1.78. The van der Waals surface area contributed by atoms with Crippen LogP contribution in [-0.2, 0) is 4.79 Å². The third-order valence-corrected chi connectivity index (χ3v) is 0.818. The first-order chi connectivity index (χ1) is 5.29. The van der Waals surface area contributed by atoms with E-state index >= 15 is 0 Å². The molecule has 1 amide bonds. The van der Waals surface area contributed by atoms with Gasteiger partial charge in [-0.2, -0.15) is 0 Å². The van der Waals surface area contributed by atoms with Crippen molar-refractivity contribution in [1.82, 2.24) is 0 Å². The van der Waals surface area contributed by atoms with Gasteiger partial charge in [0.2, 0.25) is 0 Å². The Balaban J connectivity index is 2.40. The number of nitrogens with zero attached hydrogens (tertiary/aromatic N) is 1. The molecule has 0 fully saturated rings. The van der Waals surface area contributed by atoms with E-state index < -0.39 is 5.91 Å². The average Bonchev–Trinajstić information content (AvgIpc) is 2.39. The van der Waals surface area contributed by atoms with E-state index in [-0.39, 0.29) is 5.95 Å². The molecule has 0 atom stereocenters. The highest BCUT2D eigenvalue weighted by Crippen LogP contribution is 2.09. The maximum absolute atomic E-state index is 10.1. The minimum atomic E-state index is -0.670. The number of furan rings is 1. The smallest absolute Gasteiger partial charge is 0.314 e. The summed E-state index contributed by atoms with van der Waals surface area (Å²) in [5.74, 6) is -0.459. The van der Waals surface area contributed by atoms with Crippen molar-refractivity contribution in [2.24, 2.45) is 10.9 Å². The Morgan fingerprint density at radius 3 is 3.18 bits per heavy atom. The molecule has 5 nitrogen and oxygen atoms in total. The number of oxime groups is 1. The molecule has 1 aromatic heterocycles. The maximum Gasteiger partial charge on any atom is 0.314 e. The summed E-state index contributed by atoms with van der Waals surface area (Å²) in [6.45, 7) is 0. The standard InChI is InChI=1S/C6H6N2O3/c7-5(9)4-8-11-6-2-1-3-10-6/h1-4H,(H2,7,9). The lowest BCUT2D eigenvalue weighted by atomic mass is 10.7. The molecule has 0 aliphatic carbocycles. The molecule has 0 unspecified atom stereocenters. The van der Waals surface area contributed by atoms with Crippen molar-refractivity contribution in [3.63, 3.8) is 0 Å². The second-order valence-electron chi connectivity index (χ2n) is 1.66. The van der Waals surface area contributed by atoms with Crippen LogP contribution in [0.2, 0.25) is 0 Å². The maximum atomic E-state index is 10.1. The SMILES string of the molecule is NC(=O)C=NOc1ccco1. The molecule has 1 heterocycles. The summed E-state index contributed by atoms with van der Waals surface area (Å²) in [5.41, 5.74) is 4.73. The number of carbonyl (C=O) groups is 1. The number of hydrogen-bond donors (Lipinski definition) is 1. The lowest BCUT2D eigenvalue weighted by Crippen LogP contribution is -2.11. The zero-order valence-electron chi connectivity index (χ0n) is 5.56. The molecule has 5 heteroatoms. The second-order valence-corrected chi connectivity index (χ2v) is 1.66. The molecule has 11 heavy (non-hydrogen) atoms. The Morgan fingerprint density at radius 1 is 1.82 bits per heavy atom. The quantitative estimate of drug-likeness (QED) is 0.496. The molecule has 0 spiro atoms. The molecule has 0 bridgehead atoms. The van der Waals surface area contributed by atoms with Crippen molar-refractivity contribution in [1.29, 1.82) is 0 Å². The molecule has 0 radical (unpaired) electrons. The normalized spacial score (nSPS) is 10.2. The predicted octanol–water partition coefficient (Wildman–Crippen LogP) is 0.130. The average molecular weight is 154 g/mol. The van der Waals surface area contributed by atoms with E-state index in [1.807, 2.05) is 0 Å². The number of nitrogens with two attached hydrogens (primary N) is 1. The van der Waals surface area contributed by atoms with Crippen LogP contribution in [0.4, 0.5) is 0 Å². The zero-order valence-corrected chi connectivity index (χ0v) is 5.56. The molecule has 2 N–H and O–H groups in total. The van der Waals surface area contributed by atoms with Gasteiger partial charge >= 0.3 is 5.95 Å². The van der Waals surface area contributed by atoms with E-state index in [1.165, 1.54) is 6.26 Å². The van der Waals surface area contributed by atoms with Crippen LogP contribution in [0.15, 0.2) is 28.0 Å². The van der Waals surface area contributed by atoms with Crippen molar-refractivity contribution in [3.05, 3.63) is 18.4 Å². The van der Waals surface area contributed by atoms with E-state index in [0.29, 0.717) is 0 Å². The van der Waals surface area contributed by atoms with Crippen LogP contribution in [0.5, 0.6) is 5.95 Å². The highest BCUT2D eigenvalue weighted by atomic mass is 16.7. The van der Waals surface area contributed by atoms with Crippen LogP contribution in [0.3, 0.4) is 0 Å². The summed E-state index contributed by atoms with van der Waals surface area (Å²) in [7, 11) is 0. The highest BCUT2D eigenvalue weighted by Gasteiger charge is 1.92. The van der Waals surface area contributed by atoms with Gasteiger partial charge in [0.25, 0.3) is 5.91 Å². The largest absolute Gasteiger partial charge is 0.433 e. The molecular weight excluding hydrogens is 148 g/mol. The number of carbonyl (C=O) groups excluding carboxylic acids is 1. The Kier molecular flexibility index (Phi) is 2.27. The predicted molar refractivity (Wildman–Crippen MR) is 37.0 cm³/mol. The van der Waals surface area contributed by atoms with E-state index in [2.05, 4.69) is 9.99 Å². The topological polar surface area (TPSA) is 77.8 Å². The number of amides is 1. The van der Waals surface area contributed by atoms with Gasteiger partial charge in [-0.05, 0) is 6.07 Å². The van der Waals surface area contributed by atoms with Gasteiger partial charge in [0.15, 0.2) is 0 Å². The van der Waals surface area contributed by atoms with E-state index in [9.17, 15) is 4.79 Å². The fourth-order valence-corrected chi connectivity index (χ4v) is 0.446. The Bertz CT molecular complexity index is 253. The molecule has 1 aromatic rings. The van der Waals surface area contributed by atoms with E-state index in [1.54, 1.807) is 12.1 Å². The number of hydrogen-bond acceptors (Lipinski definition) is 4. The first-order valence-corrected chi connectivity index (χ1v) is 2.82. The molecule has 0 saturated heterocycles. The van der Waals surface area contributed by atoms with Gasteiger partial charge < -0.3 is 15.0 Å². The molecule has 0 aromatic carbocycles. The molecule has 0 aliphatic rings. The molecule has 1 rings (SSSR count). The van der Waals surface area contributed by atoms with Crippen LogP contribution in [-0.4, -0.2) is 12.1 Å². The van der Waals surface area contributed by atoms with Gasteiger partial charge in [0.1, 0.15) is 6.21 Å².